The largest absolute Gasteiger partial charge is 0.376 e. The highest BCUT2D eigenvalue weighted by Crippen LogP contribution is 2.16. The molecule has 1 N–H and O–H groups in total. The quantitative estimate of drug-likeness (QED) is 0.314. The highest BCUT2D eigenvalue weighted by atomic mass is 127. The lowest BCUT2D eigenvalue weighted by Crippen LogP contribution is -2.56. The second-order valence-electron chi connectivity index (χ2n) is 7.76. The number of guanidine groups is 1. The van der Waals surface area contributed by atoms with Gasteiger partial charge in [0.15, 0.2) is 5.96 Å². The Morgan fingerprint density at radius 1 is 1.03 bits per heavy atom. The number of ether oxygens (including phenoxy) is 2. The lowest BCUT2D eigenvalue weighted by Gasteiger charge is -2.37. The van der Waals surface area contributed by atoms with Crippen molar-refractivity contribution in [3.8, 4) is 0 Å². The van der Waals surface area contributed by atoms with Crippen molar-refractivity contribution in [3.05, 3.63) is 0 Å². The van der Waals surface area contributed by atoms with Gasteiger partial charge >= 0.3 is 0 Å². The number of aliphatic imine (C=N–C) groups is 1. The number of likely N-dealkylation sites (N-methyl/N-ethyl adjacent to an activating group) is 1. The van der Waals surface area contributed by atoms with Crippen LogP contribution in [0, 0.1) is 0 Å². The van der Waals surface area contributed by atoms with E-state index >= 15 is 0 Å². The zero-order valence-corrected chi connectivity index (χ0v) is 19.8. The van der Waals surface area contributed by atoms with Gasteiger partial charge in [-0.05, 0) is 25.7 Å². The van der Waals surface area contributed by atoms with E-state index in [0.29, 0.717) is 39.3 Å². The zero-order valence-electron chi connectivity index (χ0n) is 17.5. The van der Waals surface area contributed by atoms with Crippen LogP contribution in [0.4, 0.5) is 0 Å². The van der Waals surface area contributed by atoms with Crippen molar-refractivity contribution >= 4 is 41.8 Å². The summed E-state index contributed by atoms with van der Waals surface area (Å²) in [5, 5.41) is 3.38. The fourth-order valence-corrected chi connectivity index (χ4v) is 3.68. The number of nitrogens with zero attached hydrogens (tertiary/aromatic N) is 4. The van der Waals surface area contributed by atoms with Crippen molar-refractivity contribution < 1.29 is 19.1 Å². The van der Waals surface area contributed by atoms with Gasteiger partial charge in [-0.2, -0.15) is 0 Å². The third-order valence-corrected chi connectivity index (χ3v) is 5.47. The molecule has 3 saturated heterocycles. The van der Waals surface area contributed by atoms with Gasteiger partial charge in [-0.15, -0.1) is 24.0 Å². The van der Waals surface area contributed by atoms with Crippen LogP contribution in [0.25, 0.3) is 0 Å². The molecule has 3 aliphatic heterocycles. The van der Waals surface area contributed by atoms with Crippen LogP contribution in [-0.2, 0) is 19.1 Å². The molecule has 0 saturated carbocycles. The lowest BCUT2D eigenvalue weighted by molar-refractivity contribution is -0.142. The minimum absolute atomic E-state index is 0. The van der Waals surface area contributed by atoms with Crippen molar-refractivity contribution in [2.24, 2.45) is 4.99 Å². The summed E-state index contributed by atoms with van der Waals surface area (Å²) >= 11 is 0. The highest BCUT2D eigenvalue weighted by molar-refractivity contribution is 14.0. The van der Waals surface area contributed by atoms with E-state index in [9.17, 15) is 9.59 Å². The predicted molar refractivity (Wildman–Crippen MR) is 121 cm³/mol. The van der Waals surface area contributed by atoms with E-state index in [-0.39, 0.29) is 54.5 Å². The minimum Gasteiger partial charge on any atom is -0.376 e. The van der Waals surface area contributed by atoms with Gasteiger partial charge in [0, 0.05) is 60.0 Å². The molecule has 29 heavy (non-hydrogen) atoms. The Bertz CT molecular complexity index is 569. The summed E-state index contributed by atoms with van der Waals surface area (Å²) in [5.41, 5.74) is 0. The maximum atomic E-state index is 12.5. The normalized spacial score (nSPS) is 25.0. The molecule has 3 rings (SSSR count). The number of carbonyl (C=O) groups excluding carboxylic acids is 2. The van der Waals surface area contributed by atoms with Gasteiger partial charge < -0.3 is 29.5 Å². The van der Waals surface area contributed by atoms with Crippen molar-refractivity contribution in [1.29, 1.82) is 0 Å². The van der Waals surface area contributed by atoms with Gasteiger partial charge in [0.1, 0.15) is 12.6 Å². The summed E-state index contributed by atoms with van der Waals surface area (Å²) in [7, 11) is 3.46. The molecule has 10 heteroatoms. The molecule has 2 atom stereocenters. The molecular formula is C19H34IN5O4. The minimum atomic E-state index is -0.268. The predicted octanol–water partition coefficient (Wildman–Crippen LogP) is 0.140. The maximum Gasteiger partial charge on any atom is 0.251 e. The average molecular weight is 523 g/mol. The topological polar surface area (TPSA) is 86.7 Å². The van der Waals surface area contributed by atoms with Crippen LogP contribution in [-0.4, -0.2) is 111 Å². The average Bonchev–Trinajstić information content (AvgIpc) is 3.41. The molecule has 166 valence electrons. The molecule has 0 radical (unpaired) electrons. The molecule has 0 aliphatic carbocycles. The fraction of sp³-hybridized carbons (Fsp3) is 0.842. The van der Waals surface area contributed by atoms with Gasteiger partial charge in [0.2, 0.25) is 5.91 Å². The standard InChI is InChI=1S/C19H33N5O4.HI/c1-22(2)17(25)14-21-19(20-13-15-5-3-11-27-15)24-9-7-23(8-10-24)18(26)16-6-4-12-28-16;/h15-16H,3-14H2,1-2H3,(H,20,21);1H. The first-order valence-electron chi connectivity index (χ1n) is 10.3. The number of amides is 2. The summed E-state index contributed by atoms with van der Waals surface area (Å²) < 4.78 is 11.2. The molecule has 0 aromatic heterocycles. The molecule has 9 nitrogen and oxygen atoms in total. The van der Waals surface area contributed by atoms with Gasteiger partial charge in [-0.1, -0.05) is 0 Å². The second kappa shape index (κ2) is 11.9. The van der Waals surface area contributed by atoms with Crippen LogP contribution in [0.2, 0.25) is 0 Å². The number of piperazine rings is 1. The Hall–Kier alpha value is -1.14. The van der Waals surface area contributed by atoms with Crippen molar-refractivity contribution in [2.45, 2.75) is 37.9 Å². The van der Waals surface area contributed by atoms with Crippen molar-refractivity contribution in [3.63, 3.8) is 0 Å². The van der Waals surface area contributed by atoms with Crippen molar-refractivity contribution in [1.82, 2.24) is 20.0 Å². The van der Waals surface area contributed by atoms with Crippen LogP contribution in [0.5, 0.6) is 0 Å². The Balaban J connectivity index is 0.00000300. The van der Waals surface area contributed by atoms with Crippen LogP contribution < -0.4 is 5.32 Å². The van der Waals surface area contributed by atoms with Gasteiger partial charge in [0.05, 0.1) is 6.10 Å². The van der Waals surface area contributed by atoms with Gasteiger partial charge in [0.25, 0.3) is 5.91 Å². The monoisotopic (exact) mass is 523 g/mol. The van der Waals surface area contributed by atoms with E-state index < -0.39 is 0 Å². The number of hydrogen-bond donors (Lipinski definition) is 1. The van der Waals surface area contributed by atoms with Gasteiger partial charge in [-0.3, -0.25) is 9.59 Å². The number of nitrogens with one attached hydrogen (secondary N) is 1. The number of carbonyl (C=O) groups is 2. The Kier molecular flexibility index (Phi) is 9.90. The third kappa shape index (κ3) is 6.95. The zero-order chi connectivity index (χ0) is 19.9. The molecule has 2 amide bonds. The molecule has 0 aromatic carbocycles. The van der Waals surface area contributed by atoms with Gasteiger partial charge in [-0.25, -0.2) is 4.99 Å². The molecule has 0 spiro atoms. The summed E-state index contributed by atoms with van der Waals surface area (Å²) in [6, 6.07) is 0. The molecule has 3 aliphatic rings. The Morgan fingerprint density at radius 2 is 1.69 bits per heavy atom. The molecule has 0 bridgehead atoms. The van der Waals surface area contributed by atoms with Crippen molar-refractivity contribution in [2.75, 3.05) is 66.6 Å². The van der Waals surface area contributed by atoms with Crippen LogP contribution >= 0.6 is 24.0 Å². The van der Waals surface area contributed by atoms with E-state index in [1.54, 1.807) is 19.0 Å². The molecule has 0 aromatic rings. The summed E-state index contributed by atoms with van der Waals surface area (Å²) in [6.07, 6.45) is 3.83. The van der Waals surface area contributed by atoms with Crippen LogP contribution in [0.15, 0.2) is 4.99 Å². The molecule has 3 fully saturated rings. The summed E-state index contributed by atoms with van der Waals surface area (Å²) in [6.45, 7) is 4.93. The van der Waals surface area contributed by atoms with Crippen LogP contribution in [0.3, 0.4) is 0 Å². The molecule has 2 unspecified atom stereocenters. The number of rotatable bonds is 5. The summed E-state index contributed by atoms with van der Waals surface area (Å²) in [5.74, 6) is 0.782. The Morgan fingerprint density at radius 3 is 2.28 bits per heavy atom. The van der Waals surface area contributed by atoms with E-state index in [0.717, 1.165) is 38.2 Å². The van der Waals surface area contributed by atoms with E-state index in [1.165, 1.54) is 0 Å². The van der Waals surface area contributed by atoms with E-state index in [1.807, 2.05) is 4.90 Å². The Labute approximate surface area is 190 Å². The first-order chi connectivity index (χ1) is 13.5. The SMILES string of the molecule is CN(C)C(=O)CN=C(NCC1CCCO1)N1CCN(C(=O)C2CCCO2)CC1.I. The van der Waals surface area contributed by atoms with Crippen LogP contribution in [0.1, 0.15) is 25.7 Å². The molecule has 3 heterocycles. The molecular weight excluding hydrogens is 489 g/mol. The lowest BCUT2D eigenvalue weighted by atomic mass is 10.2. The number of hydrogen-bond acceptors (Lipinski definition) is 5. The van der Waals surface area contributed by atoms with E-state index in [2.05, 4.69) is 15.2 Å². The fourth-order valence-electron chi connectivity index (χ4n) is 3.68. The van der Waals surface area contributed by atoms with E-state index in [4.69, 9.17) is 9.47 Å². The summed E-state index contributed by atoms with van der Waals surface area (Å²) in [4.78, 5) is 34.6. The highest BCUT2D eigenvalue weighted by Gasteiger charge is 2.31. The smallest absolute Gasteiger partial charge is 0.251 e. The first-order valence-corrected chi connectivity index (χ1v) is 10.3. The third-order valence-electron chi connectivity index (χ3n) is 5.47. The second-order valence-corrected chi connectivity index (χ2v) is 7.76. The number of halogens is 1. The maximum absolute atomic E-state index is 12.5. The first kappa shape index (κ1) is 24.1.